The van der Waals surface area contributed by atoms with Crippen molar-refractivity contribution < 1.29 is 17.9 Å². The van der Waals surface area contributed by atoms with Crippen LogP contribution in [0.2, 0.25) is 0 Å². The fraction of sp³-hybridized carbons (Fsp3) is 0.421. The van der Waals surface area contributed by atoms with Gasteiger partial charge in [0.2, 0.25) is 10.0 Å². The first kappa shape index (κ1) is 18.7. The Morgan fingerprint density at radius 1 is 1.23 bits per heavy atom. The summed E-state index contributed by atoms with van der Waals surface area (Å²) in [5.74, 6) is 1.73. The van der Waals surface area contributed by atoms with E-state index in [0.29, 0.717) is 31.4 Å². The Morgan fingerprint density at radius 3 is 2.69 bits per heavy atom. The third-order valence-corrected chi connectivity index (χ3v) is 6.59. The number of benzene rings is 1. The Labute approximate surface area is 154 Å². The van der Waals surface area contributed by atoms with Gasteiger partial charge in [-0.3, -0.25) is 4.98 Å². The number of aromatic nitrogens is 1. The van der Waals surface area contributed by atoms with Gasteiger partial charge in [0.05, 0.1) is 18.6 Å². The number of methoxy groups -OCH3 is 1. The molecule has 3 rings (SSSR count). The van der Waals surface area contributed by atoms with E-state index >= 15 is 0 Å². The second-order valence-corrected chi connectivity index (χ2v) is 8.42. The minimum atomic E-state index is -3.49. The summed E-state index contributed by atoms with van der Waals surface area (Å²) < 4.78 is 38.2. The van der Waals surface area contributed by atoms with Crippen LogP contribution in [0.15, 0.2) is 47.6 Å². The van der Waals surface area contributed by atoms with Gasteiger partial charge in [0, 0.05) is 37.1 Å². The van der Waals surface area contributed by atoms with E-state index in [9.17, 15) is 8.42 Å². The van der Waals surface area contributed by atoms with E-state index in [1.807, 2.05) is 13.0 Å². The van der Waals surface area contributed by atoms with Crippen LogP contribution in [0.1, 0.15) is 18.4 Å². The molecule has 0 atom stereocenters. The van der Waals surface area contributed by atoms with Crippen LogP contribution in [0.5, 0.6) is 11.5 Å². The number of hydrogen-bond donors (Lipinski definition) is 0. The molecule has 1 aromatic carbocycles. The van der Waals surface area contributed by atoms with E-state index in [2.05, 4.69) is 4.98 Å². The lowest BCUT2D eigenvalue weighted by Crippen LogP contribution is -2.39. The molecule has 2 heterocycles. The van der Waals surface area contributed by atoms with Gasteiger partial charge in [-0.05, 0) is 43.9 Å². The Hall–Kier alpha value is -2.12. The molecule has 1 aromatic heterocycles. The van der Waals surface area contributed by atoms with Crippen LogP contribution in [0.25, 0.3) is 0 Å². The van der Waals surface area contributed by atoms with E-state index in [-0.39, 0.29) is 4.90 Å². The van der Waals surface area contributed by atoms with Crippen molar-refractivity contribution in [3.05, 3.63) is 48.3 Å². The van der Waals surface area contributed by atoms with Crippen molar-refractivity contribution in [2.75, 3.05) is 26.8 Å². The highest BCUT2D eigenvalue weighted by Crippen LogP contribution is 2.26. The number of rotatable bonds is 6. The minimum absolute atomic E-state index is 0.277. The maximum absolute atomic E-state index is 12.8. The first-order valence-corrected chi connectivity index (χ1v) is 10.1. The zero-order valence-corrected chi connectivity index (χ0v) is 15.9. The first-order chi connectivity index (χ1) is 12.5. The van der Waals surface area contributed by atoms with Gasteiger partial charge in [0.1, 0.15) is 11.5 Å². The van der Waals surface area contributed by atoms with Crippen LogP contribution < -0.4 is 9.47 Å². The summed E-state index contributed by atoms with van der Waals surface area (Å²) in [6.07, 6.45) is 5.06. The quantitative estimate of drug-likeness (QED) is 0.775. The summed E-state index contributed by atoms with van der Waals surface area (Å²) in [5.41, 5.74) is 1.01. The average Bonchev–Trinajstić information content (AvgIpc) is 2.68. The maximum Gasteiger partial charge on any atom is 0.243 e. The number of hydrogen-bond acceptors (Lipinski definition) is 5. The van der Waals surface area contributed by atoms with Crippen molar-refractivity contribution >= 4 is 10.0 Å². The summed E-state index contributed by atoms with van der Waals surface area (Å²) in [7, 11) is -1.96. The van der Waals surface area contributed by atoms with E-state index in [1.54, 1.807) is 41.0 Å². The SMILES string of the molecule is COc1cccc(S(=O)(=O)N2CCC(COc3ccncc3C)CC2)c1. The molecule has 0 saturated carbocycles. The molecular formula is C19H24N2O4S. The number of sulfonamides is 1. The summed E-state index contributed by atoms with van der Waals surface area (Å²) in [5, 5.41) is 0. The highest BCUT2D eigenvalue weighted by atomic mass is 32.2. The van der Waals surface area contributed by atoms with Crippen molar-refractivity contribution in [3.8, 4) is 11.5 Å². The summed E-state index contributed by atoms with van der Waals surface area (Å²) >= 11 is 0. The molecule has 0 unspecified atom stereocenters. The van der Waals surface area contributed by atoms with Crippen LogP contribution in [0, 0.1) is 12.8 Å². The lowest BCUT2D eigenvalue weighted by molar-refractivity contribution is 0.184. The predicted octanol–water partition coefficient (Wildman–Crippen LogP) is 2.88. The molecule has 0 radical (unpaired) electrons. The number of ether oxygens (including phenoxy) is 2. The van der Waals surface area contributed by atoms with Crippen LogP contribution in [-0.4, -0.2) is 44.5 Å². The highest BCUT2D eigenvalue weighted by Gasteiger charge is 2.29. The van der Waals surface area contributed by atoms with Crippen molar-refractivity contribution in [2.45, 2.75) is 24.7 Å². The molecule has 1 fully saturated rings. The van der Waals surface area contributed by atoms with Crippen molar-refractivity contribution in [2.24, 2.45) is 5.92 Å². The Balaban J connectivity index is 1.58. The van der Waals surface area contributed by atoms with E-state index in [4.69, 9.17) is 9.47 Å². The molecule has 26 heavy (non-hydrogen) atoms. The van der Waals surface area contributed by atoms with Gasteiger partial charge in [0.25, 0.3) is 0 Å². The Kier molecular flexibility index (Phi) is 5.78. The molecule has 1 aliphatic rings. The lowest BCUT2D eigenvalue weighted by atomic mass is 9.99. The van der Waals surface area contributed by atoms with Crippen molar-refractivity contribution in [1.29, 1.82) is 0 Å². The highest BCUT2D eigenvalue weighted by molar-refractivity contribution is 7.89. The van der Waals surface area contributed by atoms with Gasteiger partial charge in [-0.1, -0.05) is 6.07 Å². The molecular weight excluding hydrogens is 352 g/mol. The molecule has 0 spiro atoms. The van der Waals surface area contributed by atoms with Gasteiger partial charge in [-0.2, -0.15) is 4.31 Å². The second-order valence-electron chi connectivity index (χ2n) is 6.48. The summed E-state index contributed by atoms with van der Waals surface area (Å²) in [6, 6.07) is 8.47. The fourth-order valence-corrected chi connectivity index (χ4v) is 4.56. The fourth-order valence-electron chi connectivity index (χ4n) is 3.06. The Morgan fingerprint density at radius 2 is 2.00 bits per heavy atom. The van der Waals surface area contributed by atoms with E-state index in [1.165, 1.54) is 7.11 Å². The van der Waals surface area contributed by atoms with Gasteiger partial charge in [-0.25, -0.2) is 8.42 Å². The van der Waals surface area contributed by atoms with Gasteiger partial charge in [0.15, 0.2) is 0 Å². The van der Waals surface area contributed by atoms with Crippen molar-refractivity contribution in [3.63, 3.8) is 0 Å². The maximum atomic E-state index is 12.8. The zero-order valence-electron chi connectivity index (χ0n) is 15.1. The molecule has 2 aromatic rings. The number of aryl methyl sites for hydroxylation is 1. The van der Waals surface area contributed by atoms with Gasteiger partial charge >= 0.3 is 0 Å². The minimum Gasteiger partial charge on any atom is -0.497 e. The third-order valence-electron chi connectivity index (χ3n) is 4.70. The van der Waals surface area contributed by atoms with E-state index < -0.39 is 10.0 Å². The molecule has 1 aliphatic heterocycles. The van der Waals surface area contributed by atoms with Crippen LogP contribution in [-0.2, 0) is 10.0 Å². The normalized spacial score (nSPS) is 16.4. The molecule has 0 aliphatic carbocycles. The first-order valence-electron chi connectivity index (χ1n) is 8.68. The number of nitrogens with zero attached hydrogens (tertiary/aromatic N) is 2. The van der Waals surface area contributed by atoms with Crippen LogP contribution in [0.4, 0.5) is 0 Å². The lowest BCUT2D eigenvalue weighted by Gasteiger charge is -2.31. The summed E-state index contributed by atoms with van der Waals surface area (Å²) in [4.78, 5) is 4.33. The molecule has 0 N–H and O–H groups in total. The molecule has 7 heteroatoms. The number of pyridine rings is 1. The van der Waals surface area contributed by atoms with Gasteiger partial charge < -0.3 is 9.47 Å². The predicted molar refractivity (Wildman–Crippen MR) is 98.9 cm³/mol. The zero-order chi connectivity index (χ0) is 18.6. The molecule has 140 valence electrons. The smallest absolute Gasteiger partial charge is 0.243 e. The van der Waals surface area contributed by atoms with Crippen molar-refractivity contribution in [1.82, 2.24) is 9.29 Å². The standard InChI is InChI=1S/C19H24N2O4S/c1-15-13-20-9-6-19(15)25-14-16-7-10-21(11-8-16)26(22,23)18-5-3-4-17(12-18)24-2/h3-6,9,12-13,16H,7-8,10-11,14H2,1-2H3. The molecule has 0 amide bonds. The number of piperidine rings is 1. The van der Waals surface area contributed by atoms with Crippen LogP contribution in [0.3, 0.4) is 0 Å². The van der Waals surface area contributed by atoms with E-state index in [0.717, 1.165) is 24.2 Å². The topological polar surface area (TPSA) is 68.7 Å². The van der Waals surface area contributed by atoms with Crippen LogP contribution >= 0.6 is 0 Å². The molecule has 1 saturated heterocycles. The van der Waals surface area contributed by atoms with Gasteiger partial charge in [-0.15, -0.1) is 0 Å². The summed E-state index contributed by atoms with van der Waals surface area (Å²) in [6.45, 7) is 3.56. The monoisotopic (exact) mass is 376 g/mol. The Bertz CT molecular complexity index is 846. The third kappa shape index (κ3) is 4.16. The largest absolute Gasteiger partial charge is 0.497 e. The molecule has 0 bridgehead atoms. The second kappa shape index (κ2) is 8.05. The molecule has 6 nitrogen and oxygen atoms in total. The average molecular weight is 376 g/mol.